The molecule has 0 spiro atoms. The summed E-state index contributed by atoms with van der Waals surface area (Å²) < 4.78 is 28.4. The topological polar surface area (TPSA) is 78.3 Å². The van der Waals surface area contributed by atoms with Crippen molar-refractivity contribution in [2.24, 2.45) is 0 Å². The van der Waals surface area contributed by atoms with Crippen LogP contribution >= 0.6 is 27.7 Å². The van der Waals surface area contributed by atoms with E-state index in [0.29, 0.717) is 59.1 Å². The number of carbonyl (C=O) groups is 1. The van der Waals surface area contributed by atoms with Gasteiger partial charge >= 0.3 is 5.97 Å². The highest BCUT2D eigenvalue weighted by Crippen LogP contribution is 2.37. The average molecular weight is 624 g/mol. The van der Waals surface area contributed by atoms with Crippen LogP contribution in [0.1, 0.15) is 43.0 Å². The monoisotopic (exact) mass is 622 g/mol. The molecule has 0 aliphatic carbocycles. The van der Waals surface area contributed by atoms with Crippen LogP contribution in [-0.2, 0) is 21.9 Å². The van der Waals surface area contributed by atoms with Crippen molar-refractivity contribution in [3.05, 3.63) is 111 Å². The molecule has 0 saturated heterocycles. The van der Waals surface area contributed by atoms with E-state index >= 15 is 0 Å². The minimum Gasteiger partial charge on any atom is -0.489 e. The Morgan fingerprint density at radius 3 is 2.67 bits per heavy atom. The number of anilines is 1. The zero-order chi connectivity index (χ0) is 28.1. The molecule has 7 nitrogen and oxygen atoms in total. The molecule has 4 aromatic rings. The Morgan fingerprint density at radius 2 is 1.93 bits per heavy atom. The second-order valence-corrected chi connectivity index (χ2v) is 11.1. The molecular weight excluding hydrogens is 595 g/mol. The molecular formula is C30H28BrFN4O3S. The molecule has 206 valence electrons. The number of nitrogens with one attached hydrogen (secondary N) is 1. The van der Waals surface area contributed by atoms with Gasteiger partial charge in [0, 0.05) is 15.9 Å². The number of allylic oxidation sites excluding steroid dienone is 1. The van der Waals surface area contributed by atoms with Gasteiger partial charge in [-0.15, -0.1) is 5.10 Å². The highest BCUT2D eigenvalue weighted by molar-refractivity contribution is 9.10. The van der Waals surface area contributed by atoms with Crippen molar-refractivity contribution in [1.29, 1.82) is 0 Å². The zero-order valence-electron chi connectivity index (χ0n) is 22.1. The van der Waals surface area contributed by atoms with Crippen LogP contribution in [0.5, 0.6) is 5.75 Å². The van der Waals surface area contributed by atoms with Crippen LogP contribution in [0.3, 0.4) is 0 Å². The van der Waals surface area contributed by atoms with Crippen molar-refractivity contribution >= 4 is 39.6 Å². The first kappa shape index (κ1) is 27.9. The molecule has 40 heavy (non-hydrogen) atoms. The lowest BCUT2D eigenvalue weighted by atomic mass is 9.96. The van der Waals surface area contributed by atoms with Gasteiger partial charge in [0.25, 0.3) is 0 Å². The van der Waals surface area contributed by atoms with E-state index in [2.05, 4.69) is 26.2 Å². The minimum absolute atomic E-state index is 0.268. The standard InChI is InChI=1S/C30H28BrFN4O3S/c1-3-15-38-28(37)26-19(2)33-29-34-30(40-18-22-8-4-5-10-25(22)32)35-36(29)27(26)21-11-13-24(14-12-21)39-17-20-7-6-9-23(31)16-20/h4-14,16,27H,3,15,17-18H2,1-2H3,(H,33,34,35). The van der Waals surface area contributed by atoms with Gasteiger partial charge in [-0.3, -0.25) is 0 Å². The van der Waals surface area contributed by atoms with Crippen molar-refractivity contribution in [2.45, 2.75) is 43.8 Å². The summed E-state index contributed by atoms with van der Waals surface area (Å²) in [6.07, 6.45) is 0.714. The molecule has 0 amide bonds. The number of carbonyl (C=O) groups excluding carboxylic acids is 1. The minimum atomic E-state index is -0.560. The number of aromatic nitrogens is 3. The van der Waals surface area contributed by atoms with Gasteiger partial charge in [0.15, 0.2) is 0 Å². The molecule has 0 saturated carbocycles. The Kier molecular flexibility index (Phi) is 8.86. The number of thioether (sulfide) groups is 1. The molecule has 1 aliphatic rings. The highest BCUT2D eigenvalue weighted by Gasteiger charge is 2.35. The summed E-state index contributed by atoms with van der Waals surface area (Å²) in [7, 11) is 0. The molecule has 1 N–H and O–H groups in total. The summed E-state index contributed by atoms with van der Waals surface area (Å²) in [5.74, 6) is 0.904. The van der Waals surface area contributed by atoms with Crippen LogP contribution < -0.4 is 10.1 Å². The van der Waals surface area contributed by atoms with Gasteiger partial charge in [-0.1, -0.05) is 77.1 Å². The molecule has 10 heteroatoms. The van der Waals surface area contributed by atoms with Crippen molar-refractivity contribution in [1.82, 2.24) is 14.8 Å². The number of rotatable bonds is 10. The lowest BCUT2D eigenvalue weighted by Crippen LogP contribution is -2.29. The van der Waals surface area contributed by atoms with Gasteiger partial charge in [-0.2, -0.15) is 4.98 Å². The number of halogens is 2. The Balaban J connectivity index is 1.41. The largest absolute Gasteiger partial charge is 0.489 e. The van der Waals surface area contributed by atoms with E-state index in [1.165, 1.54) is 17.8 Å². The third-order valence-electron chi connectivity index (χ3n) is 6.30. The van der Waals surface area contributed by atoms with Gasteiger partial charge in [-0.25, -0.2) is 13.9 Å². The van der Waals surface area contributed by atoms with Crippen molar-refractivity contribution < 1.29 is 18.7 Å². The SMILES string of the molecule is CCCOC(=O)C1=C(C)Nc2nc(SCc3ccccc3F)nn2C1c1ccc(OCc2cccc(Br)c2)cc1. The maximum atomic E-state index is 14.2. The van der Waals surface area contributed by atoms with Crippen LogP contribution in [0.4, 0.5) is 10.3 Å². The maximum absolute atomic E-state index is 14.2. The number of hydrogen-bond acceptors (Lipinski definition) is 7. The predicted molar refractivity (Wildman–Crippen MR) is 157 cm³/mol. The second kappa shape index (κ2) is 12.7. The summed E-state index contributed by atoms with van der Waals surface area (Å²) >= 11 is 4.82. The summed E-state index contributed by atoms with van der Waals surface area (Å²) in [5, 5.41) is 8.39. The van der Waals surface area contributed by atoms with Crippen molar-refractivity contribution in [3.8, 4) is 5.75 Å². The number of ether oxygens (including phenoxy) is 2. The molecule has 5 rings (SSSR count). The summed E-state index contributed by atoms with van der Waals surface area (Å²) in [4.78, 5) is 17.8. The first-order valence-corrected chi connectivity index (χ1v) is 14.7. The molecule has 0 radical (unpaired) electrons. The van der Waals surface area contributed by atoms with E-state index in [4.69, 9.17) is 14.6 Å². The summed E-state index contributed by atoms with van der Waals surface area (Å²) in [6, 6.07) is 21.6. The quantitative estimate of drug-likeness (QED) is 0.147. The van der Waals surface area contributed by atoms with Crippen molar-refractivity contribution in [2.75, 3.05) is 11.9 Å². The van der Waals surface area contributed by atoms with E-state index < -0.39 is 12.0 Å². The Labute approximate surface area is 244 Å². The van der Waals surface area contributed by atoms with Gasteiger partial charge in [-0.05, 0) is 60.4 Å². The number of esters is 1. The van der Waals surface area contributed by atoms with E-state index in [0.717, 1.165) is 15.6 Å². The average Bonchev–Trinajstić information content (AvgIpc) is 3.36. The predicted octanol–water partition coefficient (Wildman–Crippen LogP) is 7.29. The molecule has 2 heterocycles. The first-order valence-electron chi connectivity index (χ1n) is 12.9. The molecule has 1 atom stereocenters. The first-order chi connectivity index (χ1) is 19.4. The number of fused-ring (bicyclic) bond motifs is 1. The third-order valence-corrected chi connectivity index (χ3v) is 7.68. The molecule has 3 aromatic carbocycles. The van der Waals surface area contributed by atoms with E-state index in [-0.39, 0.29) is 5.82 Å². The van der Waals surface area contributed by atoms with Gasteiger partial charge in [0.2, 0.25) is 11.1 Å². The Hall–Kier alpha value is -3.63. The maximum Gasteiger partial charge on any atom is 0.338 e. The number of benzene rings is 3. The van der Waals surface area contributed by atoms with E-state index in [9.17, 15) is 9.18 Å². The summed E-state index contributed by atoms with van der Waals surface area (Å²) in [6.45, 7) is 4.52. The Bertz CT molecular complexity index is 1540. The molecule has 1 unspecified atom stereocenters. The Morgan fingerprint density at radius 1 is 1.12 bits per heavy atom. The fourth-order valence-corrected chi connectivity index (χ4v) is 5.60. The number of hydrogen-bond donors (Lipinski definition) is 1. The van der Waals surface area contributed by atoms with Crippen molar-refractivity contribution in [3.63, 3.8) is 0 Å². The van der Waals surface area contributed by atoms with Crippen LogP contribution in [0.2, 0.25) is 0 Å². The number of nitrogens with zero attached hydrogens (tertiary/aromatic N) is 3. The van der Waals surface area contributed by atoms with E-state index in [1.54, 1.807) is 22.9 Å². The van der Waals surface area contributed by atoms with Gasteiger partial charge in [0.1, 0.15) is 24.2 Å². The lowest BCUT2D eigenvalue weighted by molar-refractivity contribution is -0.139. The lowest BCUT2D eigenvalue weighted by Gasteiger charge is -2.28. The smallest absolute Gasteiger partial charge is 0.338 e. The fourth-order valence-electron chi connectivity index (χ4n) is 4.34. The van der Waals surface area contributed by atoms with Crippen LogP contribution in [0.15, 0.2) is 93.7 Å². The molecule has 0 bridgehead atoms. The zero-order valence-corrected chi connectivity index (χ0v) is 24.5. The normalized spacial score (nSPS) is 14.4. The second-order valence-electron chi connectivity index (χ2n) is 9.23. The molecule has 1 aliphatic heterocycles. The van der Waals surface area contributed by atoms with E-state index in [1.807, 2.05) is 62.4 Å². The summed E-state index contributed by atoms with van der Waals surface area (Å²) in [5.41, 5.74) is 3.55. The molecule has 1 aromatic heterocycles. The van der Waals surface area contributed by atoms with Crippen LogP contribution in [-0.4, -0.2) is 27.3 Å². The fraction of sp³-hybridized carbons (Fsp3) is 0.233. The third kappa shape index (κ3) is 6.39. The highest BCUT2D eigenvalue weighted by atomic mass is 79.9. The van der Waals surface area contributed by atoms with Crippen LogP contribution in [0.25, 0.3) is 0 Å². The van der Waals surface area contributed by atoms with Gasteiger partial charge < -0.3 is 14.8 Å². The van der Waals surface area contributed by atoms with Crippen LogP contribution in [0, 0.1) is 5.82 Å². The molecule has 0 fully saturated rings. The van der Waals surface area contributed by atoms with Gasteiger partial charge in [0.05, 0.1) is 12.2 Å².